The standard InChI is InChI=1S/C32H40N6O2/c1-5-29(39)37-17-18-38(23(3)19-37)31-26-14-16-36(28-13-7-11-24-10-6-9-22(2)30(24)28)20-27(26)33-32(34-31)40-21-25-12-8-15-35(25)4/h5-7,9-11,13,23,25H,1,8,12,14-21H2,2-4H3/t23-,25-/m0/s1. The number of carbonyl (C=O) groups excluding carboxylic acids is 1. The number of rotatable bonds is 6. The molecule has 2 fully saturated rings. The number of anilines is 2. The molecule has 1 aromatic heterocycles. The highest BCUT2D eigenvalue weighted by Gasteiger charge is 2.32. The molecule has 3 aliphatic heterocycles. The van der Waals surface area contributed by atoms with E-state index in [2.05, 4.69) is 78.6 Å². The van der Waals surface area contributed by atoms with Crippen LogP contribution < -0.4 is 14.5 Å². The smallest absolute Gasteiger partial charge is 0.318 e. The first-order valence-corrected chi connectivity index (χ1v) is 14.6. The summed E-state index contributed by atoms with van der Waals surface area (Å²) in [6.45, 7) is 13.4. The van der Waals surface area contributed by atoms with E-state index in [-0.39, 0.29) is 11.9 Å². The van der Waals surface area contributed by atoms with Gasteiger partial charge in [0.2, 0.25) is 5.91 Å². The average molecular weight is 541 g/mol. The van der Waals surface area contributed by atoms with Crippen LogP contribution >= 0.6 is 0 Å². The van der Waals surface area contributed by atoms with E-state index in [1.807, 2.05) is 4.90 Å². The number of aryl methyl sites for hydroxylation is 1. The third kappa shape index (κ3) is 5.01. The van der Waals surface area contributed by atoms with Gasteiger partial charge in [0.1, 0.15) is 12.4 Å². The number of hydrogen-bond donors (Lipinski definition) is 0. The zero-order chi connectivity index (χ0) is 27.8. The maximum absolute atomic E-state index is 12.3. The molecule has 4 heterocycles. The molecule has 8 heteroatoms. The van der Waals surface area contributed by atoms with E-state index in [0.717, 1.165) is 44.0 Å². The Morgan fingerprint density at radius 3 is 2.70 bits per heavy atom. The summed E-state index contributed by atoms with van der Waals surface area (Å²) in [4.78, 5) is 31.4. The third-order valence-corrected chi connectivity index (χ3v) is 8.92. The number of benzene rings is 2. The number of nitrogens with zero attached hydrogens (tertiary/aromatic N) is 6. The van der Waals surface area contributed by atoms with Crippen LogP contribution in [0.3, 0.4) is 0 Å². The van der Waals surface area contributed by atoms with Crippen molar-refractivity contribution in [3.05, 3.63) is 65.9 Å². The second-order valence-electron chi connectivity index (χ2n) is 11.5. The first-order chi connectivity index (χ1) is 19.4. The first-order valence-electron chi connectivity index (χ1n) is 14.6. The van der Waals surface area contributed by atoms with Crippen molar-refractivity contribution < 1.29 is 9.53 Å². The Bertz CT molecular complexity index is 1420. The van der Waals surface area contributed by atoms with E-state index in [0.29, 0.717) is 38.3 Å². The predicted molar refractivity (Wildman–Crippen MR) is 160 cm³/mol. The van der Waals surface area contributed by atoms with Gasteiger partial charge in [-0.05, 0) is 69.8 Å². The maximum atomic E-state index is 12.3. The summed E-state index contributed by atoms with van der Waals surface area (Å²) in [7, 11) is 2.16. The number of amides is 1. The molecule has 3 aliphatic rings. The van der Waals surface area contributed by atoms with Gasteiger partial charge in [-0.25, -0.2) is 0 Å². The quantitative estimate of drug-likeness (QED) is 0.434. The van der Waals surface area contributed by atoms with Crippen LogP contribution in [-0.4, -0.2) is 84.1 Å². The molecule has 0 aliphatic carbocycles. The Kier molecular flexibility index (Phi) is 7.36. The highest BCUT2D eigenvalue weighted by atomic mass is 16.5. The van der Waals surface area contributed by atoms with E-state index in [4.69, 9.17) is 14.7 Å². The van der Waals surface area contributed by atoms with Gasteiger partial charge < -0.3 is 24.3 Å². The van der Waals surface area contributed by atoms with Gasteiger partial charge >= 0.3 is 6.01 Å². The topological polar surface area (TPSA) is 65.0 Å². The summed E-state index contributed by atoms with van der Waals surface area (Å²) in [6.07, 6.45) is 4.60. The molecule has 2 saturated heterocycles. The van der Waals surface area contributed by atoms with Crippen LogP contribution in [0.25, 0.3) is 10.8 Å². The highest BCUT2D eigenvalue weighted by molar-refractivity contribution is 5.97. The lowest BCUT2D eigenvalue weighted by molar-refractivity contribution is -0.126. The summed E-state index contributed by atoms with van der Waals surface area (Å²) < 4.78 is 6.31. The highest BCUT2D eigenvalue weighted by Crippen LogP contribution is 2.36. The molecule has 0 radical (unpaired) electrons. The summed E-state index contributed by atoms with van der Waals surface area (Å²) in [5.74, 6) is 0.952. The minimum atomic E-state index is -0.0121. The van der Waals surface area contributed by atoms with Crippen LogP contribution in [0.4, 0.5) is 11.5 Å². The average Bonchev–Trinajstić information content (AvgIpc) is 3.39. The number of likely N-dealkylation sites (N-methyl/N-ethyl adjacent to an activating group) is 1. The van der Waals surface area contributed by atoms with E-state index in [1.54, 1.807) is 0 Å². The monoisotopic (exact) mass is 540 g/mol. The lowest BCUT2D eigenvalue weighted by Gasteiger charge is -2.42. The van der Waals surface area contributed by atoms with E-state index in [1.165, 1.54) is 40.1 Å². The van der Waals surface area contributed by atoms with Crippen molar-refractivity contribution in [2.75, 3.05) is 56.2 Å². The van der Waals surface area contributed by atoms with Crippen LogP contribution in [0.1, 0.15) is 36.6 Å². The number of piperazine rings is 1. The van der Waals surface area contributed by atoms with E-state index < -0.39 is 0 Å². The van der Waals surface area contributed by atoms with Gasteiger partial charge in [-0.15, -0.1) is 0 Å². The van der Waals surface area contributed by atoms with Crippen molar-refractivity contribution >= 4 is 28.2 Å². The molecule has 210 valence electrons. The molecule has 2 atom stereocenters. The Balaban J connectivity index is 1.33. The summed E-state index contributed by atoms with van der Waals surface area (Å²) in [5.41, 5.74) is 4.77. The summed E-state index contributed by atoms with van der Waals surface area (Å²) >= 11 is 0. The Morgan fingerprint density at radius 1 is 1.12 bits per heavy atom. The summed E-state index contributed by atoms with van der Waals surface area (Å²) in [5, 5.41) is 2.57. The molecule has 0 bridgehead atoms. The Morgan fingerprint density at radius 2 is 1.95 bits per heavy atom. The minimum absolute atomic E-state index is 0.0121. The molecule has 0 N–H and O–H groups in total. The van der Waals surface area contributed by atoms with Gasteiger partial charge in [0.25, 0.3) is 0 Å². The van der Waals surface area contributed by atoms with Crippen molar-refractivity contribution in [1.29, 1.82) is 0 Å². The predicted octanol–water partition coefficient (Wildman–Crippen LogP) is 4.20. The molecule has 0 spiro atoms. The van der Waals surface area contributed by atoms with E-state index in [9.17, 15) is 4.79 Å². The van der Waals surface area contributed by atoms with Gasteiger partial charge in [-0.1, -0.05) is 36.9 Å². The van der Waals surface area contributed by atoms with Gasteiger partial charge in [-0.3, -0.25) is 4.79 Å². The van der Waals surface area contributed by atoms with Gasteiger partial charge in [0, 0.05) is 54.9 Å². The molecule has 0 saturated carbocycles. The SMILES string of the molecule is C=CC(=O)N1CCN(c2nc(OC[C@@H]3CCCN3C)nc3c2CCN(c2cccc4cccc(C)c24)C3)[C@@H](C)C1. The zero-order valence-electron chi connectivity index (χ0n) is 24.0. The molecular weight excluding hydrogens is 500 g/mol. The zero-order valence-corrected chi connectivity index (χ0v) is 24.0. The van der Waals surface area contributed by atoms with Crippen LogP contribution in [0.5, 0.6) is 6.01 Å². The number of fused-ring (bicyclic) bond motifs is 2. The van der Waals surface area contributed by atoms with Gasteiger partial charge in [-0.2, -0.15) is 9.97 Å². The normalized spacial score (nSPS) is 21.5. The molecule has 1 amide bonds. The van der Waals surface area contributed by atoms with Crippen molar-refractivity contribution in [2.45, 2.75) is 51.7 Å². The molecule has 8 nitrogen and oxygen atoms in total. The molecule has 0 unspecified atom stereocenters. The number of carbonyl (C=O) groups is 1. The van der Waals surface area contributed by atoms with Crippen molar-refractivity contribution in [1.82, 2.24) is 19.8 Å². The molecule has 2 aromatic carbocycles. The fourth-order valence-corrected chi connectivity index (χ4v) is 6.63. The first kappa shape index (κ1) is 26.6. The molecule has 3 aromatic rings. The van der Waals surface area contributed by atoms with Gasteiger partial charge in [0.15, 0.2) is 0 Å². The minimum Gasteiger partial charge on any atom is -0.462 e. The second-order valence-corrected chi connectivity index (χ2v) is 11.5. The number of likely N-dealkylation sites (tertiary alicyclic amines) is 1. The fourth-order valence-electron chi connectivity index (χ4n) is 6.63. The summed E-state index contributed by atoms with van der Waals surface area (Å²) in [6, 6.07) is 14.1. The molecular formula is C32H40N6O2. The van der Waals surface area contributed by atoms with Crippen LogP contribution in [0, 0.1) is 6.92 Å². The number of aromatic nitrogens is 2. The third-order valence-electron chi connectivity index (χ3n) is 8.92. The van der Waals surface area contributed by atoms with Crippen LogP contribution in [0.2, 0.25) is 0 Å². The molecule has 6 rings (SSSR count). The number of hydrogen-bond acceptors (Lipinski definition) is 7. The maximum Gasteiger partial charge on any atom is 0.318 e. The van der Waals surface area contributed by atoms with E-state index >= 15 is 0 Å². The molecule has 40 heavy (non-hydrogen) atoms. The van der Waals surface area contributed by atoms with Crippen LogP contribution in [-0.2, 0) is 17.8 Å². The van der Waals surface area contributed by atoms with Crippen LogP contribution in [0.15, 0.2) is 49.1 Å². The second kappa shape index (κ2) is 11.1. The largest absolute Gasteiger partial charge is 0.462 e. The van der Waals surface area contributed by atoms with Crippen molar-refractivity contribution in [3.63, 3.8) is 0 Å². The fraction of sp³-hybridized carbons (Fsp3) is 0.469. The van der Waals surface area contributed by atoms with Gasteiger partial charge in [0.05, 0.1) is 12.2 Å². The lowest BCUT2D eigenvalue weighted by atomic mass is 9.99. The van der Waals surface area contributed by atoms with Crippen molar-refractivity contribution in [3.8, 4) is 6.01 Å². The Hall–Kier alpha value is -3.65. The van der Waals surface area contributed by atoms with Crippen molar-refractivity contribution in [2.24, 2.45) is 0 Å². The number of ether oxygens (including phenoxy) is 1. The Labute approximate surface area is 237 Å². The lowest BCUT2D eigenvalue weighted by Crippen LogP contribution is -2.54.